The Morgan fingerprint density at radius 1 is 1.36 bits per heavy atom. The highest BCUT2D eigenvalue weighted by Crippen LogP contribution is 2.29. The number of anilines is 1. The van der Waals surface area contributed by atoms with Gasteiger partial charge in [0.05, 0.1) is 16.4 Å². The van der Waals surface area contributed by atoms with Crippen molar-refractivity contribution < 1.29 is 14.1 Å². The third-order valence-electron chi connectivity index (χ3n) is 2.59. The molecule has 0 spiro atoms. The zero-order chi connectivity index (χ0) is 18.4. The summed E-state index contributed by atoms with van der Waals surface area (Å²) >= 11 is 4.02. The highest BCUT2D eigenvalue weighted by molar-refractivity contribution is 8.03. The number of nitrogens with zero attached hydrogens (tertiary/aromatic N) is 3. The van der Waals surface area contributed by atoms with E-state index < -0.39 is 16.6 Å². The molecule has 2 aromatic rings. The number of carbonyl (C=O) groups excluding carboxylic acids is 1. The molecule has 11 heteroatoms. The van der Waals surface area contributed by atoms with Crippen LogP contribution in [-0.2, 0) is 4.79 Å². The van der Waals surface area contributed by atoms with Gasteiger partial charge in [0.2, 0.25) is 5.91 Å². The first kappa shape index (κ1) is 19.3. The molecule has 0 bridgehead atoms. The van der Waals surface area contributed by atoms with E-state index in [9.17, 15) is 19.3 Å². The Kier molecular flexibility index (Phi) is 6.91. The van der Waals surface area contributed by atoms with E-state index >= 15 is 0 Å². The highest BCUT2D eigenvalue weighted by Gasteiger charge is 2.14. The topological polar surface area (TPSA) is 98.0 Å². The lowest BCUT2D eigenvalue weighted by Crippen LogP contribution is -2.15. The average Bonchev–Trinajstić information content (AvgIpc) is 3.01. The first-order valence-corrected chi connectivity index (χ1v) is 9.61. The van der Waals surface area contributed by atoms with E-state index in [1.54, 1.807) is 0 Å². The van der Waals surface area contributed by atoms with Crippen molar-refractivity contribution in [2.75, 3.05) is 16.8 Å². The molecule has 1 N–H and O–H groups in total. The molecule has 0 radical (unpaired) electrons. The Morgan fingerprint density at radius 3 is 2.60 bits per heavy atom. The number of nitro groups is 1. The molecule has 0 aliphatic heterocycles. The van der Waals surface area contributed by atoms with E-state index in [0.29, 0.717) is 4.34 Å². The minimum absolute atomic E-state index is 0.0120. The maximum absolute atomic E-state index is 13.6. The van der Waals surface area contributed by atoms with Gasteiger partial charge in [-0.25, -0.2) is 4.39 Å². The minimum Gasteiger partial charge on any atom is -0.323 e. The second-order valence-electron chi connectivity index (χ2n) is 4.84. The number of halogens is 1. The van der Waals surface area contributed by atoms with Gasteiger partial charge in [-0.2, -0.15) is 0 Å². The predicted octanol–water partition coefficient (Wildman–Crippen LogP) is 3.98. The largest absolute Gasteiger partial charge is 0.323 e. The van der Waals surface area contributed by atoms with Crippen molar-refractivity contribution in [1.29, 1.82) is 0 Å². The number of rotatable bonds is 8. The molecular formula is C14H13FN4O3S3. The summed E-state index contributed by atoms with van der Waals surface area (Å²) in [5, 5.41) is 21.0. The van der Waals surface area contributed by atoms with Gasteiger partial charge in [-0.15, -0.1) is 10.2 Å². The third-order valence-corrected chi connectivity index (χ3v) is 6.01. The molecule has 0 fully saturated rings. The summed E-state index contributed by atoms with van der Waals surface area (Å²) in [7, 11) is 0. The summed E-state index contributed by atoms with van der Waals surface area (Å²) in [6.07, 6.45) is 0. The van der Waals surface area contributed by atoms with Crippen LogP contribution in [0.1, 0.15) is 6.92 Å². The van der Waals surface area contributed by atoms with Crippen LogP contribution in [-0.4, -0.2) is 32.5 Å². The van der Waals surface area contributed by atoms with Crippen LogP contribution in [0.5, 0.6) is 0 Å². The summed E-state index contributed by atoms with van der Waals surface area (Å²) in [4.78, 5) is 22.0. The van der Waals surface area contributed by atoms with Gasteiger partial charge < -0.3 is 5.32 Å². The standard InChI is InChI=1S/C14H13FN4O3S3/c1-8(2)6-23-13-17-18-14(25-13)24-7-12(20)16-11-5-9(19(21)22)3-4-10(11)15/h3-5H,1,6-7H2,2H3,(H,16,20). The van der Waals surface area contributed by atoms with Crippen LogP contribution in [0.4, 0.5) is 15.8 Å². The van der Waals surface area contributed by atoms with Gasteiger partial charge in [0.1, 0.15) is 5.82 Å². The number of carbonyl (C=O) groups is 1. The Hall–Kier alpha value is -1.98. The fourth-order valence-electron chi connectivity index (χ4n) is 1.53. The van der Waals surface area contributed by atoms with Gasteiger partial charge in [0, 0.05) is 17.9 Å². The molecule has 1 aromatic carbocycles. The number of nitrogens with one attached hydrogen (secondary N) is 1. The second-order valence-corrected chi connectivity index (χ2v) is 8.26. The molecule has 0 aliphatic rings. The summed E-state index contributed by atoms with van der Waals surface area (Å²) in [5.41, 5.74) is 0.496. The van der Waals surface area contributed by atoms with Crippen LogP contribution in [0.15, 0.2) is 39.0 Å². The van der Waals surface area contributed by atoms with Gasteiger partial charge in [0.25, 0.3) is 5.69 Å². The summed E-state index contributed by atoms with van der Waals surface area (Å²) in [6.45, 7) is 5.72. The fourth-order valence-corrected chi connectivity index (χ4v) is 4.20. The van der Waals surface area contributed by atoms with E-state index in [1.807, 2.05) is 6.92 Å². The molecule has 132 valence electrons. The van der Waals surface area contributed by atoms with Gasteiger partial charge >= 0.3 is 0 Å². The SMILES string of the molecule is C=C(C)CSc1nnc(SCC(=O)Nc2cc([N+](=O)[O-])ccc2F)s1. The molecule has 25 heavy (non-hydrogen) atoms. The Balaban J connectivity index is 1.90. The first-order valence-electron chi connectivity index (χ1n) is 6.82. The normalized spacial score (nSPS) is 10.5. The number of aromatic nitrogens is 2. The number of thioether (sulfide) groups is 2. The molecule has 0 atom stereocenters. The van der Waals surface area contributed by atoms with Crippen molar-refractivity contribution in [3.63, 3.8) is 0 Å². The molecule has 7 nitrogen and oxygen atoms in total. The molecule has 0 saturated carbocycles. The number of benzene rings is 1. The lowest BCUT2D eigenvalue weighted by Gasteiger charge is -2.05. The maximum atomic E-state index is 13.6. The summed E-state index contributed by atoms with van der Waals surface area (Å²) < 4.78 is 15.0. The third kappa shape index (κ3) is 6.11. The molecule has 2 rings (SSSR count). The highest BCUT2D eigenvalue weighted by atomic mass is 32.2. The van der Waals surface area contributed by atoms with Crippen molar-refractivity contribution in [2.24, 2.45) is 0 Å². The van der Waals surface area contributed by atoms with Crippen molar-refractivity contribution in [3.05, 3.63) is 46.3 Å². The average molecular weight is 400 g/mol. The zero-order valence-corrected chi connectivity index (χ0v) is 15.5. The van der Waals surface area contributed by atoms with E-state index in [-0.39, 0.29) is 17.1 Å². The van der Waals surface area contributed by atoms with E-state index in [1.165, 1.54) is 23.1 Å². The van der Waals surface area contributed by atoms with Crippen LogP contribution < -0.4 is 5.32 Å². The number of nitro benzene ring substituents is 1. The first-order chi connectivity index (χ1) is 11.8. The maximum Gasteiger partial charge on any atom is 0.271 e. The van der Waals surface area contributed by atoms with E-state index in [0.717, 1.165) is 45.6 Å². The molecule has 0 unspecified atom stereocenters. The molecule has 0 saturated heterocycles. The lowest BCUT2D eigenvalue weighted by molar-refractivity contribution is -0.384. The predicted molar refractivity (Wildman–Crippen MR) is 97.9 cm³/mol. The van der Waals surface area contributed by atoms with Crippen LogP contribution in [0.2, 0.25) is 0 Å². The van der Waals surface area contributed by atoms with Crippen molar-refractivity contribution in [3.8, 4) is 0 Å². The number of hydrogen-bond donors (Lipinski definition) is 1. The molecule has 1 heterocycles. The number of amides is 1. The van der Waals surface area contributed by atoms with Crippen molar-refractivity contribution >= 4 is 52.1 Å². The summed E-state index contributed by atoms with van der Waals surface area (Å²) in [5.74, 6) is -0.498. The van der Waals surface area contributed by atoms with Crippen molar-refractivity contribution in [2.45, 2.75) is 15.6 Å². The fraction of sp³-hybridized carbons (Fsp3) is 0.214. The van der Waals surface area contributed by atoms with E-state index in [4.69, 9.17) is 0 Å². The molecule has 0 aliphatic carbocycles. The van der Waals surface area contributed by atoms with Gasteiger partial charge in [0.15, 0.2) is 8.68 Å². The number of hydrogen-bond acceptors (Lipinski definition) is 8. The second kappa shape index (κ2) is 8.92. The smallest absolute Gasteiger partial charge is 0.271 e. The van der Waals surface area contributed by atoms with Crippen LogP contribution in [0.3, 0.4) is 0 Å². The van der Waals surface area contributed by atoms with Gasteiger partial charge in [-0.1, -0.05) is 47.0 Å². The Morgan fingerprint density at radius 2 is 2.00 bits per heavy atom. The van der Waals surface area contributed by atoms with Crippen molar-refractivity contribution in [1.82, 2.24) is 10.2 Å². The number of non-ortho nitro benzene ring substituents is 1. The van der Waals surface area contributed by atoms with Crippen LogP contribution in [0.25, 0.3) is 0 Å². The summed E-state index contributed by atoms with van der Waals surface area (Å²) in [6, 6.07) is 2.96. The monoisotopic (exact) mass is 400 g/mol. The molecule has 1 amide bonds. The van der Waals surface area contributed by atoms with Crippen LogP contribution >= 0.6 is 34.9 Å². The lowest BCUT2D eigenvalue weighted by atomic mass is 10.2. The van der Waals surface area contributed by atoms with E-state index in [2.05, 4.69) is 22.1 Å². The molecular weight excluding hydrogens is 387 g/mol. The quantitative estimate of drug-likeness (QED) is 0.310. The zero-order valence-electron chi connectivity index (χ0n) is 13.0. The minimum atomic E-state index is -0.738. The Bertz CT molecular complexity index is 812. The molecule has 1 aromatic heterocycles. The van der Waals surface area contributed by atoms with Crippen LogP contribution in [0, 0.1) is 15.9 Å². The van der Waals surface area contributed by atoms with Gasteiger partial charge in [-0.05, 0) is 13.0 Å². The Labute approximate surface area is 155 Å². The van der Waals surface area contributed by atoms with Gasteiger partial charge in [-0.3, -0.25) is 14.9 Å².